The summed E-state index contributed by atoms with van der Waals surface area (Å²) in [6.07, 6.45) is -0.608. The van der Waals surface area contributed by atoms with Crippen molar-refractivity contribution in [2.24, 2.45) is 4.99 Å². The van der Waals surface area contributed by atoms with Crippen molar-refractivity contribution >= 4 is 70.3 Å². The maximum Gasteiger partial charge on any atom is 0.191 e. The summed E-state index contributed by atoms with van der Waals surface area (Å²) in [5.74, 6) is 3.10. The maximum atomic E-state index is 10.3. The first-order chi connectivity index (χ1) is 13.7. The molecule has 1 aromatic heterocycles. The largest absolute Gasteiger partial charge is 0.386 e. The van der Waals surface area contributed by atoms with E-state index in [1.807, 2.05) is 24.8 Å². The fourth-order valence-electron chi connectivity index (χ4n) is 2.95. The van der Waals surface area contributed by atoms with Gasteiger partial charge in [0, 0.05) is 48.2 Å². The number of guanidine groups is 1. The standard InChI is InChI=1S/C20H27ClN4OS2.HI/c1-2-22-20(24-14-17(26)18-7-8-19(21)28-18)23-13-15-3-5-16(6-4-15)25-9-11-27-12-10-25;/h3-8,17,26H,2,9-14H2,1H3,(H2,22,23,24);1H. The van der Waals surface area contributed by atoms with E-state index >= 15 is 0 Å². The highest BCUT2D eigenvalue weighted by Crippen LogP contribution is 2.26. The zero-order valence-corrected chi connectivity index (χ0v) is 21.2. The Morgan fingerprint density at radius 2 is 1.90 bits per heavy atom. The van der Waals surface area contributed by atoms with E-state index in [0.717, 1.165) is 30.1 Å². The molecule has 9 heteroatoms. The van der Waals surface area contributed by atoms with Crippen LogP contribution in [0.25, 0.3) is 0 Å². The first kappa shape index (κ1) is 24.6. The van der Waals surface area contributed by atoms with Crippen LogP contribution in [0.15, 0.2) is 41.4 Å². The Morgan fingerprint density at radius 1 is 1.17 bits per heavy atom. The number of aliphatic hydroxyl groups is 1. The van der Waals surface area contributed by atoms with Crippen LogP contribution in [0.1, 0.15) is 23.5 Å². The van der Waals surface area contributed by atoms with E-state index < -0.39 is 6.10 Å². The predicted molar refractivity (Wildman–Crippen MR) is 139 cm³/mol. The van der Waals surface area contributed by atoms with Crippen LogP contribution < -0.4 is 15.5 Å². The summed E-state index contributed by atoms with van der Waals surface area (Å²) in [7, 11) is 0. The van der Waals surface area contributed by atoms with E-state index in [0.29, 0.717) is 23.4 Å². The van der Waals surface area contributed by atoms with Gasteiger partial charge >= 0.3 is 0 Å². The van der Waals surface area contributed by atoms with Crippen LogP contribution in [0.3, 0.4) is 0 Å². The fourth-order valence-corrected chi connectivity index (χ4v) is 4.90. The zero-order valence-electron chi connectivity index (χ0n) is 16.4. The summed E-state index contributed by atoms with van der Waals surface area (Å²) in [5, 5.41) is 16.7. The van der Waals surface area contributed by atoms with Crippen LogP contribution in [-0.4, -0.2) is 48.8 Å². The number of anilines is 1. The van der Waals surface area contributed by atoms with Crippen molar-refractivity contribution in [1.82, 2.24) is 10.6 Å². The van der Waals surface area contributed by atoms with Gasteiger partial charge in [0.1, 0.15) is 6.10 Å². The second-order valence-electron chi connectivity index (χ2n) is 6.50. The lowest BCUT2D eigenvalue weighted by Gasteiger charge is -2.28. The van der Waals surface area contributed by atoms with Crippen LogP contribution in [-0.2, 0) is 6.54 Å². The van der Waals surface area contributed by atoms with Crippen molar-refractivity contribution in [1.29, 1.82) is 0 Å². The molecule has 2 heterocycles. The number of thioether (sulfide) groups is 1. The third kappa shape index (κ3) is 7.82. The lowest BCUT2D eigenvalue weighted by atomic mass is 10.2. The molecule has 0 saturated carbocycles. The van der Waals surface area contributed by atoms with Gasteiger partial charge in [-0.05, 0) is 36.8 Å². The maximum absolute atomic E-state index is 10.3. The number of aliphatic hydroxyl groups excluding tert-OH is 1. The number of aliphatic imine (C=N–C) groups is 1. The average Bonchev–Trinajstić information content (AvgIpc) is 3.17. The molecule has 3 rings (SSSR count). The molecule has 1 atom stereocenters. The fraction of sp³-hybridized carbons (Fsp3) is 0.450. The van der Waals surface area contributed by atoms with Gasteiger partial charge in [0.05, 0.1) is 10.9 Å². The number of benzene rings is 1. The van der Waals surface area contributed by atoms with Gasteiger partial charge in [-0.2, -0.15) is 11.8 Å². The van der Waals surface area contributed by atoms with Crippen LogP contribution in [0.4, 0.5) is 5.69 Å². The quantitative estimate of drug-likeness (QED) is 0.264. The highest BCUT2D eigenvalue weighted by atomic mass is 127. The van der Waals surface area contributed by atoms with Crippen molar-refractivity contribution in [3.05, 3.63) is 51.2 Å². The van der Waals surface area contributed by atoms with Crippen LogP contribution in [0, 0.1) is 0 Å². The van der Waals surface area contributed by atoms with E-state index in [-0.39, 0.29) is 24.0 Å². The Balaban J connectivity index is 0.00000300. The SMILES string of the molecule is CCNC(=NCc1ccc(N2CCSCC2)cc1)NCC(O)c1ccc(Cl)s1.I. The highest BCUT2D eigenvalue weighted by Gasteiger charge is 2.12. The summed E-state index contributed by atoms with van der Waals surface area (Å²) < 4.78 is 0.682. The van der Waals surface area contributed by atoms with E-state index in [2.05, 4.69) is 44.8 Å². The molecule has 1 aromatic carbocycles. The number of hydrogen-bond donors (Lipinski definition) is 3. The average molecular weight is 567 g/mol. The van der Waals surface area contributed by atoms with Crippen molar-refractivity contribution in [2.45, 2.75) is 19.6 Å². The first-order valence-corrected chi connectivity index (χ1v) is 11.9. The number of rotatable bonds is 7. The van der Waals surface area contributed by atoms with E-state index in [4.69, 9.17) is 11.6 Å². The molecular weight excluding hydrogens is 539 g/mol. The van der Waals surface area contributed by atoms with E-state index in [1.54, 1.807) is 6.07 Å². The molecule has 0 amide bonds. The van der Waals surface area contributed by atoms with Crippen molar-refractivity contribution in [2.75, 3.05) is 42.6 Å². The number of thiophene rings is 1. The highest BCUT2D eigenvalue weighted by molar-refractivity contribution is 14.0. The topological polar surface area (TPSA) is 59.9 Å². The van der Waals surface area contributed by atoms with Crippen LogP contribution in [0.2, 0.25) is 4.34 Å². The smallest absolute Gasteiger partial charge is 0.191 e. The van der Waals surface area contributed by atoms with E-state index in [9.17, 15) is 5.11 Å². The zero-order chi connectivity index (χ0) is 19.8. The minimum absolute atomic E-state index is 0. The molecule has 29 heavy (non-hydrogen) atoms. The van der Waals surface area contributed by atoms with E-state index in [1.165, 1.54) is 28.5 Å². The second-order valence-corrected chi connectivity index (χ2v) is 9.47. The third-order valence-corrected chi connectivity index (χ3v) is 6.74. The summed E-state index contributed by atoms with van der Waals surface area (Å²) in [4.78, 5) is 7.93. The van der Waals surface area contributed by atoms with Gasteiger partial charge in [0.2, 0.25) is 0 Å². The number of hydrogen-bond acceptors (Lipinski definition) is 5. The number of nitrogens with zero attached hydrogens (tertiary/aromatic N) is 2. The van der Waals surface area contributed by atoms with Gasteiger partial charge in [-0.25, -0.2) is 4.99 Å². The minimum atomic E-state index is -0.608. The summed E-state index contributed by atoms with van der Waals surface area (Å²) >= 11 is 9.36. The molecule has 3 N–H and O–H groups in total. The van der Waals surface area contributed by atoms with Crippen LogP contribution in [0.5, 0.6) is 0 Å². The Bertz CT molecular complexity index is 766. The number of halogens is 2. The van der Waals surface area contributed by atoms with Crippen molar-refractivity contribution in [3.63, 3.8) is 0 Å². The van der Waals surface area contributed by atoms with Crippen molar-refractivity contribution in [3.8, 4) is 0 Å². The summed E-state index contributed by atoms with van der Waals surface area (Å²) in [5.41, 5.74) is 2.45. The van der Waals surface area contributed by atoms with Gasteiger partial charge in [-0.3, -0.25) is 0 Å². The Kier molecular flexibility index (Phi) is 10.9. The first-order valence-electron chi connectivity index (χ1n) is 9.53. The van der Waals surface area contributed by atoms with Crippen LogP contribution >= 0.6 is 58.7 Å². The molecule has 0 spiro atoms. The third-order valence-electron chi connectivity index (χ3n) is 4.46. The molecule has 1 aliphatic rings. The summed E-state index contributed by atoms with van der Waals surface area (Å²) in [6, 6.07) is 12.3. The molecule has 160 valence electrons. The molecule has 5 nitrogen and oxygen atoms in total. The molecule has 1 aliphatic heterocycles. The van der Waals surface area contributed by atoms with Gasteiger partial charge in [-0.15, -0.1) is 35.3 Å². The summed E-state index contributed by atoms with van der Waals surface area (Å²) in [6.45, 7) is 6.00. The lowest BCUT2D eigenvalue weighted by molar-refractivity contribution is 0.184. The monoisotopic (exact) mass is 566 g/mol. The minimum Gasteiger partial charge on any atom is -0.386 e. The van der Waals surface area contributed by atoms with Gasteiger partial charge in [0.15, 0.2) is 5.96 Å². The molecule has 0 bridgehead atoms. The van der Waals surface area contributed by atoms with Gasteiger partial charge in [0.25, 0.3) is 0 Å². The Morgan fingerprint density at radius 3 is 2.52 bits per heavy atom. The molecule has 0 radical (unpaired) electrons. The molecular formula is C20H28ClIN4OS2. The van der Waals surface area contributed by atoms with Crippen molar-refractivity contribution < 1.29 is 5.11 Å². The Labute approximate surface area is 203 Å². The Hall–Kier alpha value is -0.680. The van der Waals surface area contributed by atoms with Gasteiger partial charge in [-0.1, -0.05) is 23.7 Å². The molecule has 0 aliphatic carbocycles. The molecule has 1 fully saturated rings. The molecule has 2 aromatic rings. The molecule has 1 saturated heterocycles. The lowest BCUT2D eigenvalue weighted by Crippen LogP contribution is -2.39. The van der Waals surface area contributed by atoms with Gasteiger partial charge < -0.3 is 20.6 Å². The molecule has 1 unspecified atom stereocenters. The predicted octanol–water partition coefficient (Wildman–Crippen LogP) is 4.36. The normalized spacial score (nSPS) is 15.6. The second kappa shape index (κ2) is 12.9. The number of nitrogens with one attached hydrogen (secondary N) is 2.